The average Bonchev–Trinajstić information content (AvgIpc) is 2.34. The summed E-state index contributed by atoms with van der Waals surface area (Å²) in [4.78, 5) is 12.8. The minimum atomic E-state index is -4.45. The predicted molar refractivity (Wildman–Crippen MR) is 63.4 cm³/mol. The maximum absolute atomic E-state index is 12.4. The van der Waals surface area contributed by atoms with Gasteiger partial charge in [0.15, 0.2) is 0 Å². The van der Waals surface area contributed by atoms with Crippen LogP contribution >= 0.6 is 0 Å². The molecule has 1 amide bonds. The Kier molecular flexibility index (Phi) is 4.54. The molecule has 0 aliphatic rings. The van der Waals surface area contributed by atoms with Crippen LogP contribution in [0.2, 0.25) is 0 Å². The minimum Gasteiger partial charge on any atom is -0.327 e. The van der Waals surface area contributed by atoms with Crippen molar-refractivity contribution < 1.29 is 18.0 Å². The lowest BCUT2D eigenvalue weighted by Gasteiger charge is -2.27. The van der Waals surface area contributed by atoms with E-state index in [1.54, 1.807) is 0 Å². The highest BCUT2D eigenvalue weighted by Gasteiger charge is 2.34. The van der Waals surface area contributed by atoms with Crippen LogP contribution in [0.4, 0.5) is 13.2 Å². The maximum Gasteiger partial charge on any atom is 0.406 e. The van der Waals surface area contributed by atoms with E-state index in [2.05, 4.69) is 0 Å². The molecule has 0 fully saturated rings. The van der Waals surface area contributed by atoms with Gasteiger partial charge in [0.1, 0.15) is 6.54 Å². The second kappa shape index (κ2) is 5.74. The highest BCUT2D eigenvalue weighted by Crippen LogP contribution is 2.20. The first kappa shape index (κ1) is 15.0. The van der Waals surface area contributed by atoms with E-state index in [9.17, 15) is 18.0 Å². The van der Waals surface area contributed by atoms with Gasteiger partial charge in [0.05, 0.1) is 11.6 Å². The molecule has 0 aliphatic heterocycles. The van der Waals surface area contributed by atoms with Gasteiger partial charge in [-0.15, -0.1) is 0 Å². The average molecular weight is 270 g/mol. The number of amides is 1. The highest BCUT2D eigenvalue weighted by molar-refractivity contribution is 5.94. The number of carbonyl (C=O) groups is 1. The standard InChI is InChI=1S/C13H13F3N2O/c1-9(2)18(8-13(14,15)16)12(19)11-5-3-4-10(6-11)7-17/h3-6,9H,8H2,1-2H3. The van der Waals surface area contributed by atoms with Crippen molar-refractivity contribution in [1.29, 1.82) is 5.26 Å². The van der Waals surface area contributed by atoms with Crippen molar-refractivity contribution in [3.63, 3.8) is 0 Å². The fraction of sp³-hybridized carbons (Fsp3) is 0.385. The number of nitrogens with zero attached hydrogens (tertiary/aromatic N) is 2. The number of nitriles is 1. The van der Waals surface area contributed by atoms with Crippen LogP contribution in [0.1, 0.15) is 29.8 Å². The van der Waals surface area contributed by atoms with Crippen molar-refractivity contribution in [2.24, 2.45) is 0 Å². The number of benzene rings is 1. The number of rotatable bonds is 3. The van der Waals surface area contributed by atoms with Gasteiger partial charge in [0.2, 0.25) is 0 Å². The summed E-state index contributed by atoms with van der Waals surface area (Å²) in [6.45, 7) is 1.72. The number of carbonyl (C=O) groups excluding carboxylic acids is 1. The zero-order valence-corrected chi connectivity index (χ0v) is 10.5. The quantitative estimate of drug-likeness (QED) is 0.847. The first-order valence-electron chi connectivity index (χ1n) is 5.62. The lowest BCUT2D eigenvalue weighted by molar-refractivity contribution is -0.143. The molecule has 0 unspecified atom stereocenters. The largest absolute Gasteiger partial charge is 0.406 e. The fourth-order valence-corrected chi connectivity index (χ4v) is 1.57. The molecule has 102 valence electrons. The normalized spacial score (nSPS) is 11.2. The summed E-state index contributed by atoms with van der Waals surface area (Å²) in [5, 5.41) is 8.72. The van der Waals surface area contributed by atoms with E-state index in [1.807, 2.05) is 6.07 Å². The molecular weight excluding hydrogens is 257 g/mol. The van der Waals surface area contributed by atoms with Gasteiger partial charge in [-0.2, -0.15) is 18.4 Å². The van der Waals surface area contributed by atoms with Crippen LogP contribution in [0.25, 0.3) is 0 Å². The molecule has 0 saturated carbocycles. The van der Waals surface area contributed by atoms with Gasteiger partial charge in [0.25, 0.3) is 5.91 Å². The molecule has 1 aromatic rings. The zero-order chi connectivity index (χ0) is 14.6. The molecule has 1 aromatic carbocycles. The van der Waals surface area contributed by atoms with Crippen LogP contribution in [0, 0.1) is 11.3 Å². The van der Waals surface area contributed by atoms with Gasteiger partial charge in [-0.1, -0.05) is 6.07 Å². The number of alkyl halides is 3. The van der Waals surface area contributed by atoms with Crippen molar-refractivity contribution >= 4 is 5.91 Å². The summed E-state index contributed by atoms with van der Waals surface area (Å²) in [5.74, 6) is -0.732. The van der Waals surface area contributed by atoms with E-state index in [0.717, 1.165) is 4.90 Å². The SMILES string of the molecule is CC(C)N(CC(F)(F)F)C(=O)c1cccc(C#N)c1. The van der Waals surface area contributed by atoms with E-state index in [1.165, 1.54) is 38.1 Å². The monoisotopic (exact) mass is 270 g/mol. The van der Waals surface area contributed by atoms with Crippen LogP contribution in [-0.2, 0) is 0 Å². The van der Waals surface area contributed by atoms with Gasteiger partial charge >= 0.3 is 6.18 Å². The Morgan fingerprint density at radius 3 is 2.53 bits per heavy atom. The van der Waals surface area contributed by atoms with Crippen molar-refractivity contribution in [3.8, 4) is 6.07 Å². The molecule has 0 aromatic heterocycles. The van der Waals surface area contributed by atoms with E-state index in [-0.39, 0.29) is 11.1 Å². The third-order valence-electron chi connectivity index (χ3n) is 2.47. The maximum atomic E-state index is 12.4. The van der Waals surface area contributed by atoms with Crippen LogP contribution in [0.5, 0.6) is 0 Å². The Morgan fingerprint density at radius 1 is 1.42 bits per heavy atom. The summed E-state index contributed by atoms with van der Waals surface area (Å²) >= 11 is 0. The van der Waals surface area contributed by atoms with Gasteiger partial charge in [-0.05, 0) is 32.0 Å². The molecule has 0 N–H and O–H groups in total. The molecule has 6 heteroatoms. The molecule has 0 spiro atoms. The number of hydrogen-bond donors (Lipinski definition) is 0. The third kappa shape index (κ3) is 4.28. The Bertz CT molecular complexity index is 503. The third-order valence-corrected chi connectivity index (χ3v) is 2.47. The lowest BCUT2D eigenvalue weighted by Crippen LogP contribution is -2.43. The molecule has 0 radical (unpaired) electrons. The van der Waals surface area contributed by atoms with Crippen molar-refractivity contribution in [2.45, 2.75) is 26.1 Å². The molecule has 0 bridgehead atoms. The molecule has 3 nitrogen and oxygen atoms in total. The molecule has 19 heavy (non-hydrogen) atoms. The molecule has 1 rings (SSSR count). The second-order valence-electron chi connectivity index (χ2n) is 4.33. The molecular formula is C13H13F3N2O. The van der Waals surface area contributed by atoms with E-state index in [0.29, 0.717) is 0 Å². The van der Waals surface area contributed by atoms with E-state index < -0.39 is 24.7 Å². The van der Waals surface area contributed by atoms with Crippen molar-refractivity contribution in [3.05, 3.63) is 35.4 Å². The Balaban J connectivity index is 3.03. The minimum absolute atomic E-state index is 0.0806. The smallest absolute Gasteiger partial charge is 0.327 e. The van der Waals surface area contributed by atoms with Gasteiger partial charge < -0.3 is 4.90 Å². The Morgan fingerprint density at radius 2 is 2.05 bits per heavy atom. The van der Waals surface area contributed by atoms with Crippen molar-refractivity contribution in [2.75, 3.05) is 6.54 Å². The van der Waals surface area contributed by atoms with Crippen LogP contribution in [0.3, 0.4) is 0 Å². The second-order valence-corrected chi connectivity index (χ2v) is 4.33. The molecule has 0 heterocycles. The lowest BCUT2D eigenvalue weighted by atomic mass is 10.1. The summed E-state index contributed by atoms with van der Waals surface area (Å²) in [7, 11) is 0. The summed E-state index contributed by atoms with van der Waals surface area (Å²) in [6, 6.07) is 6.90. The topological polar surface area (TPSA) is 44.1 Å². The first-order valence-corrected chi connectivity index (χ1v) is 5.62. The van der Waals surface area contributed by atoms with Crippen LogP contribution in [0.15, 0.2) is 24.3 Å². The number of halogens is 3. The van der Waals surface area contributed by atoms with Gasteiger partial charge in [-0.3, -0.25) is 4.79 Å². The van der Waals surface area contributed by atoms with E-state index >= 15 is 0 Å². The molecule has 0 saturated heterocycles. The summed E-state index contributed by atoms with van der Waals surface area (Å²) in [5.41, 5.74) is 0.318. The van der Waals surface area contributed by atoms with Crippen molar-refractivity contribution in [1.82, 2.24) is 4.90 Å². The molecule has 0 aliphatic carbocycles. The fourth-order valence-electron chi connectivity index (χ4n) is 1.57. The highest BCUT2D eigenvalue weighted by atomic mass is 19.4. The zero-order valence-electron chi connectivity index (χ0n) is 10.5. The molecule has 0 atom stereocenters. The van der Waals surface area contributed by atoms with Gasteiger partial charge in [0, 0.05) is 11.6 Å². The Hall–Kier alpha value is -2.03. The summed E-state index contributed by atoms with van der Waals surface area (Å²) in [6.07, 6.45) is -4.45. The predicted octanol–water partition coefficient (Wildman–Crippen LogP) is 2.97. The van der Waals surface area contributed by atoms with Crippen LogP contribution < -0.4 is 0 Å². The summed E-state index contributed by atoms with van der Waals surface area (Å²) < 4.78 is 37.3. The van der Waals surface area contributed by atoms with Crippen LogP contribution in [-0.4, -0.2) is 29.6 Å². The van der Waals surface area contributed by atoms with E-state index in [4.69, 9.17) is 5.26 Å². The number of hydrogen-bond acceptors (Lipinski definition) is 2. The first-order chi connectivity index (χ1) is 8.74. The Labute approximate surface area is 109 Å². The van der Waals surface area contributed by atoms with Gasteiger partial charge in [-0.25, -0.2) is 0 Å².